The zero-order valence-corrected chi connectivity index (χ0v) is 16.3. The Kier molecular flexibility index (Phi) is 4.48. The number of nitrogens with zero attached hydrogens (tertiary/aromatic N) is 3. The van der Waals surface area contributed by atoms with E-state index >= 15 is 0 Å². The van der Waals surface area contributed by atoms with Crippen LogP contribution in [-0.2, 0) is 0 Å². The predicted molar refractivity (Wildman–Crippen MR) is 107 cm³/mol. The van der Waals surface area contributed by atoms with E-state index in [4.69, 9.17) is 0 Å². The molecule has 0 saturated carbocycles. The van der Waals surface area contributed by atoms with Gasteiger partial charge in [-0.15, -0.1) is 11.3 Å². The standard InChI is InChI=1S/C19H18BrN3OS/c1-13-15-4-2-3-5-16(15)25-18(13)19(24)23-10-8-22(9-11-23)17-7-6-14(20)12-21-17/h2-7,12H,8-11H2,1H3. The summed E-state index contributed by atoms with van der Waals surface area (Å²) < 4.78 is 2.16. The number of benzene rings is 1. The minimum atomic E-state index is 0.155. The third kappa shape index (κ3) is 3.16. The Bertz CT molecular complexity index is 914. The number of fused-ring (bicyclic) bond motifs is 1. The van der Waals surface area contributed by atoms with Gasteiger partial charge in [0, 0.05) is 41.5 Å². The Morgan fingerprint density at radius 1 is 1.12 bits per heavy atom. The third-order valence-electron chi connectivity index (χ3n) is 4.64. The summed E-state index contributed by atoms with van der Waals surface area (Å²) in [5, 5.41) is 1.19. The lowest BCUT2D eigenvalue weighted by molar-refractivity contribution is 0.0751. The zero-order valence-electron chi connectivity index (χ0n) is 13.9. The number of aromatic nitrogens is 1. The fraction of sp³-hybridized carbons (Fsp3) is 0.263. The smallest absolute Gasteiger partial charge is 0.264 e. The van der Waals surface area contributed by atoms with Crippen LogP contribution in [0.5, 0.6) is 0 Å². The average Bonchev–Trinajstić information content (AvgIpc) is 2.99. The lowest BCUT2D eigenvalue weighted by Gasteiger charge is -2.35. The second kappa shape index (κ2) is 6.77. The van der Waals surface area contributed by atoms with Crippen LogP contribution >= 0.6 is 27.3 Å². The molecule has 25 heavy (non-hydrogen) atoms. The summed E-state index contributed by atoms with van der Waals surface area (Å²) in [6, 6.07) is 12.2. The number of hydrogen-bond acceptors (Lipinski definition) is 4. The van der Waals surface area contributed by atoms with Gasteiger partial charge in [0.15, 0.2) is 0 Å². The van der Waals surface area contributed by atoms with E-state index < -0.39 is 0 Å². The summed E-state index contributed by atoms with van der Waals surface area (Å²) in [6.45, 7) is 5.12. The second-order valence-corrected chi connectivity index (χ2v) is 8.13. The highest BCUT2D eigenvalue weighted by molar-refractivity contribution is 9.10. The summed E-state index contributed by atoms with van der Waals surface area (Å²) in [4.78, 5) is 22.5. The Labute approximate surface area is 159 Å². The third-order valence-corrected chi connectivity index (χ3v) is 6.37. The molecule has 1 amide bonds. The first-order chi connectivity index (χ1) is 12.1. The lowest BCUT2D eigenvalue weighted by atomic mass is 10.1. The first kappa shape index (κ1) is 16.5. The van der Waals surface area contributed by atoms with Crippen molar-refractivity contribution in [2.75, 3.05) is 31.1 Å². The van der Waals surface area contributed by atoms with Crippen LogP contribution in [0.4, 0.5) is 5.82 Å². The number of aryl methyl sites for hydroxylation is 1. The van der Waals surface area contributed by atoms with Crippen LogP contribution in [0.2, 0.25) is 0 Å². The topological polar surface area (TPSA) is 36.4 Å². The van der Waals surface area contributed by atoms with Crippen molar-refractivity contribution in [3.8, 4) is 0 Å². The molecule has 4 rings (SSSR count). The van der Waals surface area contributed by atoms with Crippen LogP contribution in [0.15, 0.2) is 47.1 Å². The molecular formula is C19H18BrN3OS. The molecule has 0 radical (unpaired) electrons. The largest absolute Gasteiger partial charge is 0.353 e. The number of rotatable bonds is 2. The number of amides is 1. The molecule has 1 saturated heterocycles. The van der Waals surface area contributed by atoms with Crippen LogP contribution in [-0.4, -0.2) is 42.0 Å². The first-order valence-electron chi connectivity index (χ1n) is 8.27. The molecule has 1 aromatic carbocycles. The molecule has 0 aliphatic carbocycles. The molecule has 0 spiro atoms. The van der Waals surface area contributed by atoms with E-state index in [2.05, 4.69) is 37.9 Å². The Balaban J connectivity index is 1.49. The summed E-state index contributed by atoms with van der Waals surface area (Å²) in [5.74, 6) is 1.12. The fourth-order valence-corrected chi connectivity index (χ4v) is 4.63. The summed E-state index contributed by atoms with van der Waals surface area (Å²) in [5.41, 5.74) is 1.10. The first-order valence-corrected chi connectivity index (χ1v) is 9.88. The molecule has 0 bridgehead atoms. The number of halogens is 1. The van der Waals surface area contributed by atoms with Gasteiger partial charge in [0.1, 0.15) is 5.82 Å². The maximum atomic E-state index is 13.0. The van der Waals surface area contributed by atoms with Gasteiger partial charge in [-0.05, 0) is 52.0 Å². The highest BCUT2D eigenvalue weighted by Gasteiger charge is 2.25. The van der Waals surface area contributed by atoms with Gasteiger partial charge < -0.3 is 9.80 Å². The molecule has 0 atom stereocenters. The van der Waals surface area contributed by atoms with Crippen LogP contribution in [0.3, 0.4) is 0 Å². The van der Waals surface area contributed by atoms with E-state index in [1.165, 1.54) is 10.1 Å². The quantitative estimate of drug-likeness (QED) is 0.624. The van der Waals surface area contributed by atoms with Gasteiger partial charge in [0.05, 0.1) is 4.88 Å². The number of carbonyl (C=O) groups excluding carboxylic acids is 1. The highest BCUT2D eigenvalue weighted by atomic mass is 79.9. The van der Waals surface area contributed by atoms with Gasteiger partial charge in [-0.25, -0.2) is 4.98 Å². The zero-order chi connectivity index (χ0) is 17.4. The van der Waals surface area contributed by atoms with E-state index in [0.29, 0.717) is 0 Å². The normalized spacial score (nSPS) is 15.0. The van der Waals surface area contributed by atoms with Gasteiger partial charge in [-0.3, -0.25) is 4.79 Å². The molecule has 6 heteroatoms. The molecule has 4 nitrogen and oxygen atoms in total. The number of carbonyl (C=O) groups is 1. The Hall–Kier alpha value is -1.92. The van der Waals surface area contributed by atoms with Crippen molar-refractivity contribution in [3.05, 3.63) is 57.5 Å². The van der Waals surface area contributed by atoms with Crippen molar-refractivity contribution < 1.29 is 4.79 Å². The van der Waals surface area contributed by atoms with Gasteiger partial charge >= 0.3 is 0 Å². The van der Waals surface area contributed by atoms with E-state index in [1.54, 1.807) is 11.3 Å². The molecule has 3 aromatic rings. The SMILES string of the molecule is Cc1c(C(=O)N2CCN(c3ccc(Br)cn3)CC2)sc2ccccc12. The molecule has 0 unspecified atom stereocenters. The molecular weight excluding hydrogens is 398 g/mol. The molecule has 1 aliphatic heterocycles. The van der Waals surface area contributed by atoms with E-state index in [9.17, 15) is 4.79 Å². The van der Waals surface area contributed by atoms with Crippen LogP contribution < -0.4 is 4.90 Å². The van der Waals surface area contributed by atoms with Crippen LogP contribution in [0.1, 0.15) is 15.2 Å². The second-order valence-electron chi connectivity index (χ2n) is 6.17. The van der Waals surface area contributed by atoms with Gasteiger partial charge in [0.25, 0.3) is 5.91 Å². The number of piperazine rings is 1. The van der Waals surface area contributed by atoms with Crippen molar-refractivity contribution in [2.45, 2.75) is 6.92 Å². The van der Waals surface area contributed by atoms with Crippen LogP contribution in [0.25, 0.3) is 10.1 Å². The van der Waals surface area contributed by atoms with Gasteiger partial charge in [-0.1, -0.05) is 18.2 Å². The minimum Gasteiger partial charge on any atom is -0.353 e. The van der Waals surface area contributed by atoms with E-state index in [1.807, 2.05) is 42.3 Å². The van der Waals surface area contributed by atoms with Crippen LogP contribution in [0, 0.1) is 6.92 Å². The lowest BCUT2D eigenvalue weighted by Crippen LogP contribution is -2.49. The summed E-state index contributed by atoms with van der Waals surface area (Å²) in [6.07, 6.45) is 1.81. The van der Waals surface area contributed by atoms with E-state index in [-0.39, 0.29) is 5.91 Å². The number of thiophene rings is 1. The fourth-order valence-electron chi connectivity index (χ4n) is 3.22. The van der Waals surface area contributed by atoms with Crippen molar-refractivity contribution in [1.29, 1.82) is 0 Å². The highest BCUT2D eigenvalue weighted by Crippen LogP contribution is 2.31. The molecule has 128 valence electrons. The summed E-state index contributed by atoms with van der Waals surface area (Å²) >= 11 is 5.01. The molecule has 1 aliphatic rings. The monoisotopic (exact) mass is 415 g/mol. The number of anilines is 1. The van der Waals surface area contributed by atoms with Crippen molar-refractivity contribution in [3.63, 3.8) is 0 Å². The molecule has 2 aromatic heterocycles. The average molecular weight is 416 g/mol. The minimum absolute atomic E-state index is 0.155. The van der Waals surface area contributed by atoms with Gasteiger partial charge in [-0.2, -0.15) is 0 Å². The Morgan fingerprint density at radius 3 is 2.56 bits per heavy atom. The van der Waals surface area contributed by atoms with Gasteiger partial charge in [0.2, 0.25) is 0 Å². The number of hydrogen-bond donors (Lipinski definition) is 0. The molecule has 0 N–H and O–H groups in total. The maximum absolute atomic E-state index is 13.0. The summed E-state index contributed by atoms with van der Waals surface area (Å²) in [7, 11) is 0. The van der Waals surface area contributed by atoms with E-state index in [0.717, 1.165) is 46.9 Å². The van der Waals surface area contributed by atoms with Crippen molar-refractivity contribution in [1.82, 2.24) is 9.88 Å². The number of pyridine rings is 1. The maximum Gasteiger partial charge on any atom is 0.264 e. The van der Waals surface area contributed by atoms with Crippen molar-refractivity contribution in [2.24, 2.45) is 0 Å². The predicted octanol–water partition coefficient (Wildman–Crippen LogP) is 4.33. The Morgan fingerprint density at radius 2 is 1.88 bits per heavy atom. The molecule has 1 fully saturated rings. The van der Waals surface area contributed by atoms with Crippen molar-refractivity contribution >= 4 is 49.1 Å². The molecule has 3 heterocycles.